The van der Waals surface area contributed by atoms with Gasteiger partial charge in [-0.05, 0) is 42.2 Å². The first-order valence-electron chi connectivity index (χ1n) is 11.0. The van der Waals surface area contributed by atoms with E-state index in [1.54, 1.807) is 30.3 Å². The molecule has 1 heterocycles. The second kappa shape index (κ2) is 9.19. The maximum atomic E-state index is 13.6. The standard InChI is InChI=1S/C24H32N2O5S/c1-5-7-13-24(6-2)16-32(30,31)21-12-11-18(25(3)4)15-20(21)22(23(24)27)17-9-8-10-19(14-17)26(28)29/h8-12,14-15,22-23,27H,5-7,13,16H2,1-4H3/t22-,23-,24+/m0/s1. The zero-order valence-corrected chi connectivity index (χ0v) is 19.9. The average Bonchev–Trinajstić information content (AvgIpc) is 2.83. The van der Waals surface area contributed by atoms with Crippen LogP contribution in [0.3, 0.4) is 0 Å². The highest BCUT2D eigenvalue weighted by Gasteiger charge is 2.49. The summed E-state index contributed by atoms with van der Waals surface area (Å²) < 4.78 is 27.2. The number of hydrogen-bond donors (Lipinski definition) is 1. The van der Waals surface area contributed by atoms with Crippen molar-refractivity contribution in [3.8, 4) is 0 Å². The first-order chi connectivity index (χ1) is 15.1. The van der Waals surface area contributed by atoms with E-state index in [1.165, 1.54) is 12.1 Å². The third kappa shape index (κ3) is 4.38. The summed E-state index contributed by atoms with van der Waals surface area (Å²) in [6.07, 6.45) is 1.73. The van der Waals surface area contributed by atoms with Gasteiger partial charge in [-0.2, -0.15) is 0 Å². The number of aliphatic hydroxyl groups excluding tert-OH is 1. The number of sulfone groups is 1. The lowest BCUT2D eigenvalue weighted by atomic mass is 9.69. The lowest BCUT2D eigenvalue weighted by Crippen LogP contribution is -2.42. The molecule has 32 heavy (non-hydrogen) atoms. The highest BCUT2D eigenvalue weighted by atomic mass is 32.2. The quantitative estimate of drug-likeness (QED) is 0.481. The van der Waals surface area contributed by atoms with Crippen LogP contribution < -0.4 is 4.90 Å². The Labute approximate surface area is 190 Å². The largest absolute Gasteiger partial charge is 0.392 e. The predicted molar refractivity (Wildman–Crippen MR) is 126 cm³/mol. The smallest absolute Gasteiger partial charge is 0.269 e. The molecule has 1 aliphatic rings. The van der Waals surface area contributed by atoms with Crippen molar-refractivity contribution in [3.63, 3.8) is 0 Å². The van der Waals surface area contributed by atoms with Gasteiger partial charge in [0.25, 0.3) is 5.69 Å². The average molecular weight is 461 g/mol. The van der Waals surface area contributed by atoms with Gasteiger partial charge in [-0.15, -0.1) is 0 Å². The highest BCUT2D eigenvalue weighted by Crippen LogP contribution is 2.49. The molecule has 2 aromatic rings. The minimum atomic E-state index is -3.68. The van der Waals surface area contributed by atoms with E-state index in [0.717, 1.165) is 18.5 Å². The molecule has 0 amide bonds. The fraction of sp³-hybridized carbons (Fsp3) is 0.500. The summed E-state index contributed by atoms with van der Waals surface area (Å²) in [5.41, 5.74) is 0.926. The lowest BCUT2D eigenvalue weighted by Gasteiger charge is -2.39. The fourth-order valence-electron chi connectivity index (χ4n) is 4.84. The van der Waals surface area contributed by atoms with Gasteiger partial charge in [0.2, 0.25) is 0 Å². The van der Waals surface area contributed by atoms with E-state index >= 15 is 0 Å². The number of rotatable bonds is 7. The van der Waals surface area contributed by atoms with Gasteiger partial charge >= 0.3 is 0 Å². The maximum absolute atomic E-state index is 13.6. The Balaban J connectivity index is 2.34. The van der Waals surface area contributed by atoms with E-state index in [0.29, 0.717) is 24.0 Å². The lowest BCUT2D eigenvalue weighted by molar-refractivity contribution is -0.384. The Bertz CT molecular complexity index is 1100. The molecule has 3 rings (SSSR count). The van der Waals surface area contributed by atoms with E-state index in [9.17, 15) is 23.6 Å². The van der Waals surface area contributed by atoms with Gasteiger partial charge in [0.05, 0.1) is 21.7 Å². The minimum Gasteiger partial charge on any atom is -0.392 e. The molecule has 0 bridgehead atoms. The van der Waals surface area contributed by atoms with Gasteiger partial charge in [0, 0.05) is 43.2 Å². The molecule has 0 radical (unpaired) electrons. The Morgan fingerprint density at radius 2 is 1.91 bits per heavy atom. The minimum absolute atomic E-state index is 0.0808. The van der Waals surface area contributed by atoms with Crippen LogP contribution in [0.25, 0.3) is 0 Å². The second-order valence-corrected chi connectivity index (χ2v) is 10.9. The number of nitro groups is 1. The number of aliphatic hydroxyl groups is 1. The first kappa shape index (κ1) is 24.2. The Morgan fingerprint density at radius 3 is 2.50 bits per heavy atom. The third-order valence-corrected chi connectivity index (χ3v) is 8.77. The van der Waals surface area contributed by atoms with Crippen LogP contribution in [0.2, 0.25) is 0 Å². The van der Waals surface area contributed by atoms with E-state index in [4.69, 9.17) is 0 Å². The number of unbranched alkanes of at least 4 members (excludes halogenated alkanes) is 1. The van der Waals surface area contributed by atoms with Gasteiger partial charge in [-0.3, -0.25) is 10.1 Å². The summed E-state index contributed by atoms with van der Waals surface area (Å²) in [5, 5.41) is 23.3. The topological polar surface area (TPSA) is 101 Å². The molecule has 0 saturated carbocycles. The third-order valence-electron chi connectivity index (χ3n) is 6.77. The van der Waals surface area contributed by atoms with E-state index in [2.05, 4.69) is 0 Å². The summed E-state index contributed by atoms with van der Waals surface area (Å²) in [6, 6.07) is 11.4. The fourth-order valence-corrected chi connectivity index (χ4v) is 7.09. The van der Waals surface area contributed by atoms with Crippen LogP contribution in [0.5, 0.6) is 0 Å². The van der Waals surface area contributed by atoms with Crippen molar-refractivity contribution < 1.29 is 18.4 Å². The summed E-state index contributed by atoms with van der Waals surface area (Å²) >= 11 is 0. The number of nitrogens with zero attached hydrogens (tertiary/aromatic N) is 2. The van der Waals surface area contributed by atoms with Crippen molar-refractivity contribution in [3.05, 3.63) is 63.7 Å². The van der Waals surface area contributed by atoms with Crippen molar-refractivity contribution in [2.45, 2.75) is 56.4 Å². The number of nitro benzene ring substituents is 1. The molecule has 0 spiro atoms. The van der Waals surface area contributed by atoms with Crippen LogP contribution in [0.15, 0.2) is 47.4 Å². The van der Waals surface area contributed by atoms with Gasteiger partial charge in [0.1, 0.15) is 0 Å². The molecule has 3 atom stereocenters. The second-order valence-electron chi connectivity index (χ2n) is 8.97. The molecule has 1 aliphatic heterocycles. The van der Waals surface area contributed by atoms with Crippen molar-refractivity contribution >= 4 is 21.2 Å². The van der Waals surface area contributed by atoms with E-state index < -0.39 is 32.2 Å². The molecule has 7 nitrogen and oxygen atoms in total. The molecule has 0 aromatic heterocycles. The molecule has 1 N–H and O–H groups in total. The van der Waals surface area contributed by atoms with Gasteiger partial charge in [-0.1, -0.05) is 38.8 Å². The zero-order valence-electron chi connectivity index (χ0n) is 19.1. The van der Waals surface area contributed by atoms with Crippen LogP contribution in [0, 0.1) is 15.5 Å². The summed E-state index contributed by atoms with van der Waals surface area (Å²) in [4.78, 5) is 13.0. The molecular formula is C24H32N2O5S. The molecule has 2 aromatic carbocycles. The first-order valence-corrected chi connectivity index (χ1v) is 12.7. The Hall–Kier alpha value is -2.45. The van der Waals surface area contributed by atoms with Crippen LogP contribution in [-0.4, -0.2) is 44.4 Å². The number of anilines is 1. The van der Waals surface area contributed by atoms with Crippen molar-refractivity contribution in [2.75, 3.05) is 24.7 Å². The van der Waals surface area contributed by atoms with Crippen molar-refractivity contribution in [1.29, 1.82) is 0 Å². The van der Waals surface area contributed by atoms with Gasteiger partial charge < -0.3 is 10.0 Å². The van der Waals surface area contributed by atoms with E-state index in [-0.39, 0.29) is 16.3 Å². The number of hydrogen-bond acceptors (Lipinski definition) is 6. The number of non-ortho nitro benzene ring substituents is 1. The highest BCUT2D eigenvalue weighted by molar-refractivity contribution is 7.91. The maximum Gasteiger partial charge on any atom is 0.269 e. The van der Waals surface area contributed by atoms with Crippen molar-refractivity contribution in [1.82, 2.24) is 0 Å². The molecule has 174 valence electrons. The van der Waals surface area contributed by atoms with Gasteiger partial charge in [-0.25, -0.2) is 8.42 Å². The normalized spacial score (nSPS) is 24.4. The molecule has 8 heteroatoms. The summed E-state index contributed by atoms with van der Waals surface area (Å²) in [6.45, 7) is 3.96. The Morgan fingerprint density at radius 1 is 1.19 bits per heavy atom. The SMILES string of the molecule is CCCC[C@]1(CC)CS(=O)(=O)c2ccc(N(C)C)cc2[C@H](c2cccc([N+](=O)[O-])c2)[C@@H]1O. The summed E-state index contributed by atoms with van der Waals surface area (Å²) in [7, 11) is 0.0450. The van der Waals surface area contributed by atoms with Crippen LogP contribution >= 0.6 is 0 Å². The molecule has 0 fully saturated rings. The zero-order chi connectivity index (χ0) is 23.7. The molecule has 0 saturated heterocycles. The van der Waals surface area contributed by atoms with Gasteiger partial charge in [0.15, 0.2) is 9.84 Å². The van der Waals surface area contributed by atoms with Crippen LogP contribution in [0.1, 0.15) is 56.6 Å². The molecule has 0 aliphatic carbocycles. The van der Waals surface area contributed by atoms with Crippen LogP contribution in [-0.2, 0) is 9.84 Å². The van der Waals surface area contributed by atoms with E-state index in [1.807, 2.05) is 32.8 Å². The van der Waals surface area contributed by atoms with Crippen LogP contribution in [0.4, 0.5) is 11.4 Å². The number of benzene rings is 2. The summed E-state index contributed by atoms with van der Waals surface area (Å²) in [5.74, 6) is -0.837. The molecule has 0 unspecified atom stereocenters. The Kier molecular flexibility index (Phi) is 6.95. The predicted octanol–water partition coefficient (Wildman–Crippen LogP) is 4.53. The number of fused-ring (bicyclic) bond motifs is 1. The molecular weight excluding hydrogens is 428 g/mol. The van der Waals surface area contributed by atoms with Crippen molar-refractivity contribution in [2.24, 2.45) is 5.41 Å². The monoisotopic (exact) mass is 460 g/mol.